The smallest absolute Gasteiger partial charge is 0.213 e. The van der Waals surface area contributed by atoms with Crippen LogP contribution in [-0.4, -0.2) is 49.5 Å². The molecule has 2 aromatic heterocycles. The SMILES string of the molecule is CCNC(=NCc1ccc(OCCOC)nc1)NCC(C)(O)c1cccs1. The van der Waals surface area contributed by atoms with E-state index in [2.05, 4.69) is 20.6 Å². The fourth-order valence-electron chi connectivity index (χ4n) is 2.26. The molecule has 0 amide bonds. The number of guanidine groups is 1. The molecule has 8 heteroatoms. The Morgan fingerprint density at radius 3 is 2.78 bits per heavy atom. The number of nitrogens with zero attached hydrogens (tertiary/aromatic N) is 2. The van der Waals surface area contributed by atoms with Crippen LogP contribution in [0.2, 0.25) is 0 Å². The Labute approximate surface area is 164 Å². The van der Waals surface area contributed by atoms with Gasteiger partial charge in [-0.3, -0.25) is 0 Å². The average molecular weight is 393 g/mol. The molecule has 0 radical (unpaired) electrons. The molecule has 27 heavy (non-hydrogen) atoms. The van der Waals surface area contributed by atoms with Gasteiger partial charge in [0.2, 0.25) is 5.88 Å². The molecule has 148 valence electrons. The third-order valence-electron chi connectivity index (χ3n) is 3.75. The van der Waals surface area contributed by atoms with E-state index in [0.717, 1.165) is 17.0 Å². The summed E-state index contributed by atoms with van der Waals surface area (Å²) in [7, 11) is 1.63. The van der Waals surface area contributed by atoms with E-state index in [1.54, 1.807) is 20.2 Å². The molecule has 0 aliphatic rings. The van der Waals surface area contributed by atoms with E-state index in [1.807, 2.05) is 36.6 Å². The lowest BCUT2D eigenvalue weighted by Gasteiger charge is -2.23. The van der Waals surface area contributed by atoms with E-state index >= 15 is 0 Å². The first-order chi connectivity index (χ1) is 13.0. The summed E-state index contributed by atoms with van der Waals surface area (Å²) in [5.74, 6) is 1.21. The number of aliphatic hydroxyl groups is 1. The Morgan fingerprint density at radius 1 is 1.30 bits per heavy atom. The lowest BCUT2D eigenvalue weighted by atomic mass is 10.1. The van der Waals surface area contributed by atoms with E-state index in [4.69, 9.17) is 9.47 Å². The number of aromatic nitrogens is 1. The van der Waals surface area contributed by atoms with Crippen molar-refractivity contribution in [2.45, 2.75) is 26.0 Å². The molecule has 1 unspecified atom stereocenters. The second-order valence-corrected chi connectivity index (χ2v) is 7.09. The zero-order valence-corrected chi connectivity index (χ0v) is 16.9. The molecule has 0 fully saturated rings. The van der Waals surface area contributed by atoms with E-state index < -0.39 is 5.60 Å². The summed E-state index contributed by atoms with van der Waals surface area (Å²) in [5.41, 5.74) is 0.0175. The number of thiophene rings is 1. The average Bonchev–Trinajstić information content (AvgIpc) is 3.21. The molecule has 2 heterocycles. The van der Waals surface area contributed by atoms with Crippen molar-refractivity contribution in [1.29, 1.82) is 0 Å². The maximum Gasteiger partial charge on any atom is 0.213 e. The predicted octanol–water partition coefficient (Wildman–Crippen LogP) is 2.13. The van der Waals surface area contributed by atoms with Crippen LogP contribution in [0.4, 0.5) is 0 Å². The molecule has 0 bridgehead atoms. The molecule has 3 N–H and O–H groups in total. The Hall–Kier alpha value is -2.16. The Balaban J connectivity index is 1.90. The third kappa shape index (κ3) is 7.16. The Morgan fingerprint density at radius 2 is 2.15 bits per heavy atom. The molecule has 2 rings (SSSR count). The van der Waals surface area contributed by atoms with Crippen molar-refractivity contribution in [3.8, 4) is 5.88 Å². The minimum atomic E-state index is -0.951. The van der Waals surface area contributed by atoms with Crippen LogP contribution in [-0.2, 0) is 16.9 Å². The molecular weight excluding hydrogens is 364 g/mol. The summed E-state index contributed by atoms with van der Waals surface area (Å²) >= 11 is 1.54. The summed E-state index contributed by atoms with van der Waals surface area (Å²) in [6.45, 7) is 6.37. The van der Waals surface area contributed by atoms with Crippen LogP contribution in [0.25, 0.3) is 0 Å². The molecule has 0 spiro atoms. The van der Waals surface area contributed by atoms with Crippen molar-refractivity contribution >= 4 is 17.3 Å². The lowest BCUT2D eigenvalue weighted by molar-refractivity contribution is 0.0655. The number of methoxy groups -OCH3 is 1. The van der Waals surface area contributed by atoms with Gasteiger partial charge in [-0.25, -0.2) is 9.98 Å². The molecular formula is C19H28N4O3S. The lowest BCUT2D eigenvalue weighted by Crippen LogP contribution is -2.44. The van der Waals surface area contributed by atoms with Crippen molar-refractivity contribution in [1.82, 2.24) is 15.6 Å². The molecule has 0 aliphatic heterocycles. The number of nitrogens with one attached hydrogen (secondary N) is 2. The van der Waals surface area contributed by atoms with Gasteiger partial charge in [0.25, 0.3) is 0 Å². The number of pyridine rings is 1. The van der Waals surface area contributed by atoms with Gasteiger partial charge >= 0.3 is 0 Å². The molecule has 0 aromatic carbocycles. The zero-order valence-electron chi connectivity index (χ0n) is 16.1. The summed E-state index contributed by atoms with van der Waals surface area (Å²) in [6.07, 6.45) is 1.75. The molecule has 1 atom stereocenters. The second-order valence-electron chi connectivity index (χ2n) is 6.15. The van der Waals surface area contributed by atoms with Crippen LogP contribution in [0, 0.1) is 0 Å². The highest BCUT2D eigenvalue weighted by Gasteiger charge is 2.24. The van der Waals surface area contributed by atoms with Gasteiger partial charge < -0.3 is 25.2 Å². The standard InChI is InChI=1S/C19H28N4O3S/c1-4-20-18(23-14-19(2,24)16-6-5-11-27-16)22-13-15-7-8-17(21-12-15)26-10-9-25-3/h5-8,11-12,24H,4,9-10,13-14H2,1-3H3,(H2,20,22,23). The Kier molecular flexibility index (Phi) is 8.50. The van der Waals surface area contributed by atoms with Gasteiger partial charge in [-0.1, -0.05) is 12.1 Å². The fraction of sp³-hybridized carbons (Fsp3) is 0.474. The number of hydrogen-bond donors (Lipinski definition) is 3. The highest BCUT2D eigenvalue weighted by molar-refractivity contribution is 7.10. The fourth-order valence-corrected chi connectivity index (χ4v) is 3.05. The zero-order chi connectivity index (χ0) is 19.5. The van der Waals surface area contributed by atoms with Crippen LogP contribution in [0.1, 0.15) is 24.3 Å². The van der Waals surface area contributed by atoms with Crippen molar-refractivity contribution in [3.63, 3.8) is 0 Å². The maximum absolute atomic E-state index is 10.6. The van der Waals surface area contributed by atoms with E-state index in [1.165, 1.54) is 11.3 Å². The first kappa shape index (κ1) is 21.1. The van der Waals surface area contributed by atoms with E-state index in [9.17, 15) is 5.11 Å². The van der Waals surface area contributed by atoms with E-state index in [0.29, 0.717) is 38.1 Å². The largest absolute Gasteiger partial charge is 0.475 e. The number of rotatable bonds is 10. The molecule has 2 aromatic rings. The minimum absolute atomic E-state index is 0.365. The van der Waals surface area contributed by atoms with Gasteiger partial charge in [0.1, 0.15) is 12.2 Å². The number of ether oxygens (including phenoxy) is 2. The quantitative estimate of drug-likeness (QED) is 0.326. The van der Waals surface area contributed by atoms with Gasteiger partial charge in [-0.2, -0.15) is 0 Å². The van der Waals surface area contributed by atoms with Crippen LogP contribution in [0.15, 0.2) is 40.8 Å². The van der Waals surface area contributed by atoms with Crippen molar-refractivity contribution in [2.75, 3.05) is 33.4 Å². The predicted molar refractivity (Wildman–Crippen MR) is 108 cm³/mol. The summed E-state index contributed by atoms with van der Waals surface area (Å²) in [6, 6.07) is 7.62. The van der Waals surface area contributed by atoms with Crippen molar-refractivity contribution in [2.24, 2.45) is 4.99 Å². The minimum Gasteiger partial charge on any atom is -0.475 e. The molecule has 7 nitrogen and oxygen atoms in total. The first-order valence-corrected chi connectivity index (χ1v) is 9.78. The first-order valence-electron chi connectivity index (χ1n) is 8.90. The van der Waals surface area contributed by atoms with E-state index in [-0.39, 0.29) is 0 Å². The number of aliphatic imine (C=N–C) groups is 1. The molecule has 0 aliphatic carbocycles. The summed E-state index contributed by atoms with van der Waals surface area (Å²) in [5, 5.41) is 19.0. The second kappa shape index (κ2) is 10.9. The topological polar surface area (TPSA) is 88.0 Å². The molecule has 0 saturated heterocycles. The summed E-state index contributed by atoms with van der Waals surface area (Å²) < 4.78 is 10.4. The van der Waals surface area contributed by atoms with Gasteiger partial charge in [-0.05, 0) is 30.9 Å². The monoisotopic (exact) mass is 392 g/mol. The van der Waals surface area contributed by atoms with Gasteiger partial charge in [0, 0.05) is 30.8 Å². The maximum atomic E-state index is 10.6. The van der Waals surface area contributed by atoms with Gasteiger partial charge in [0.05, 0.1) is 19.7 Å². The molecule has 0 saturated carbocycles. The highest BCUT2D eigenvalue weighted by Crippen LogP contribution is 2.24. The normalized spacial score (nSPS) is 13.9. The van der Waals surface area contributed by atoms with Crippen LogP contribution >= 0.6 is 11.3 Å². The number of hydrogen-bond acceptors (Lipinski definition) is 6. The van der Waals surface area contributed by atoms with Gasteiger partial charge in [-0.15, -0.1) is 11.3 Å². The van der Waals surface area contributed by atoms with Crippen LogP contribution in [0.5, 0.6) is 5.88 Å². The van der Waals surface area contributed by atoms with Crippen LogP contribution in [0.3, 0.4) is 0 Å². The Bertz CT molecular complexity index is 687. The highest BCUT2D eigenvalue weighted by atomic mass is 32.1. The van der Waals surface area contributed by atoms with Crippen molar-refractivity contribution < 1.29 is 14.6 Å². The van der Waals surface area contributed by atoms with Crippen molar-refractivity contribution in [3.05, 3.63) is 46.3 Å². The summed E-state index contributed by atoms with van der Waals surface area (Å²) in [4.78, 5) is 9.74. The van der Waals surface area contributed by atoms with Crippen LogP contribution < -0.4 is 15.4 Å². The third-order valence-corrected chi connectivity index (χ3v) is 4.87. The van der Waals surface area contributed by atoms with Gasteiger partial charge in [0.15, 0.2) is 5.96 Å².